The maximum Gasteiger partial charge on any atom is 0.278 e. The molecule has 0 radical (unpaired) electrons. The molecule has 8 rings (SSSR count). The highest BCUT2D eigenvalue weighted by atomic mass is 28.4. The van der Waals surface area contributed by atoms with Gasteiger partial charge in [0, 0.05) is 51.7 Å². The molecule has 0 unspecified atom stereocenters. The van der Waals surface area contributed by atoms with Crippen LogP contribution in [0.1, 0.15) is 19.4 Å². The SMILES string of the molecule is [2H]C([2H])([2H])c1c(-c2cccc(N3c4ccccc4[Si](C)(C)Oc4ccccc4[Si]3(C)C)c2C([2H])([2H])[2H])cccc1N1c2ccccc2[Si](C)(C)Oc2ccccc2[Si]1(C)C. The van der Waals surface area contributed by atoms with Crippen molar-refractivity contribution in [3.8, 4) is 22.6 Å². The van der Waals surface area contributed by atoms with Crippen molar-refractivity contribution < 1.29 is 17.1 Å². The Bertz CT molecular complexity index is 2460. The molecule has 0 spiro atoms. The maximum absolute atomic E-state index is 9.32. The van der Waals surface area contributed by atoms with Crippen LogP contribution in [-0.2, 0) is 0 Å². The van der Waals surface area contributed by atoms with Gasteiger partial charge in [0.1, 0.15) is 11.5 Å². The Morgan fingerprint density at radius 2 is 0.722 bits per heavy atom. The summed E-state index contributed by atoms with van der Waals surface area (Å²) in [5.41, 5.74) is 3.94. The highest BCUT2D eigenvalue weighted by molar-refractivity contribution is 6.97. The first-order valence-electron chi connectivity index (χ1n) is 21.7. The van der Waals surface area contributed by atoms with Crippen molar-refractivity contribution in [2.75, 3.05) is 9.13 Å². The van der Waals surface area contributed by atoms with Gasteiger partial charge in [-0.05, 0) is 125 Å². The van der Waals surface area contributed by atoms with Crippen LogP contribution in [0, 0.1) is 13.7 Å². The van der Waals surface area contributed by atoms with E-state index in [1.165, 1.54) is 0 Å². The first-order valence-corrected chi connectivity index (χ1v) is 30.4. The molecule has 0 aromatic heterocycles. The Balaban J connectivity index is 1.46. The molecule has 0 fully saturated rings. The smallest absolute Gasteiger partial charge is 0.278 e. The third-order valence-electron chi connectivity index (χ3n) is 11.4. The van der Waals surface area contributed by atoms with Crippen LogP contribution in [0.5, 0.6) is 11.5 Å². The van der Waals surface area contributed by atoms with E-state index in [1.807, 2.05) is 84.9 Å². The molecule has 6 aromatic carbocycles. The molecule has 0 saturated carbocycles. The number of fused-ring (bicyclic) bond motifs is 4. The summed E-state index contributed by atoms with van der Waals surface area (Å²) in [6.45, 7) is 12.4. The van der Waals surface area contributed by atoms with Crippen molar-refractivity contribution in [3.63, 3.8) is 0 Å². The highest BCUT2D eigenvalue weighted by Gasteiger charge is 2.45. The third kappa shape index (κ3) is 5.73. The Kier molecular flexibility index (Phi) is 7.16. The lowest BCUT2D eigenvalue weighted by Crippen LogP contribution is -2.63. The van der Waals surface area contributed by atoms with Gasteiger partial charge in [-0.2, -0.15) is 0 Å². The minimum Gasteiger partial charge on any atom is -0.540 e. The van der Waals surface area contributed by atoms with Crippen LogP contribution < -0.4 is 38.7 Å². The second-order valence-corrected chi connectivity index (χ2v) is 32.2. The molecule has 2 aliphatic rings. The van der Waals surface area contributed by atoms with Crippen LogP contribution in [0.3, 0.4) is 0 Å². The first kappa shape index (κ1) is 29.7. The topological polar surface area (TPSA) is 24.9 Å². The summed E-state index contributed by atoms with van der Waals surface area (Å²) in [5, 5.41) is 4.24. The molecule has 0 N–H and O–H groups in total. The van der Waals surface area contributed by atoms with Crippen LogP contribution in [0.4, 0.5) is 22.7 Å². The molecular weight excluding hydrogens is 725 g/mol. The van der Waals surface area contributed by atoms with E-state index >= 15 is 0 Å². The quantitative estimate of drug-likeness (QED) is 0.167. The Hall–Kier alpha value is -4.61. The maximum atomic E-state index is 9.32. The summed E-state index contributed by atoms with van der Waals surface area (Å²) in [6.07, 6.45) is 0. The van der Waals surface area contributed by atoms with Gasteiger partial charge in [0.15, 0.2) is 16.5 Å². The van der Waals surface area contributed by atoms with E-state index in [9.17, 15) is 8.22 Å². The lowest BCUT2D eigenvalue weighted by Gasteiger charge is -2.46. The summed E-state index contributed by atoms with van der Waals surface area (Å²) in [5.74, 6) is 1.65. The largest absolute Gasteiger partial charge is 0.540 e. The van der Waals surface area contributed by atoms with Crippen molar-refractivity contribution in [3.05, 3.63) is 145 Å². The summed E-state index contributed by atoms with van der Waals surface area (Å²) < 4.78 is 74.4. The van der Waals surface area contributed by atoms with E-state index in [0.717, 1.165) is 43.6 Å². The zero-order valence-corrected chi connectivity index (χ0v) is 36.4. The number of para-hydroxylation sites is 4. The molecule has 8 heteroatoms. The molecule has 0 bridgehead atoms. The van der Waals surface area contributed by atoms with E-state index in [4.69, 9.17) is 8.85 Å². The van der Waals surface area contributed by atoms with Gasteiger partial charge in [-0.15, -0.1) is 0 Å². The molecule has 4 nitrogen and oxygen atoms in total. The Morgan fingerprint density at radius 3 is 1.11 bits per heavy atom. The molecule has 0 atom stereocenters. The lowest BCUT2D eigenvalue weighted by molar-refractivity contribution is 0.567. The molecule has 274 valence electrons. The lowest BCUT2D eigenvalue weighted by atomic mass is 9.94. The van der Waals surface area contributed by atoms with Gasteiger partial charge in [0.05, 0.1) is 0 Å². The number of anilines is 4. The molecular formula is C46H52N2O2Si4. The van der Waals surface area contributed by atoms with Crippen LogP contribution in [0.15, 0.2) is 133 Å². The summed E-state index contributed by atoms with van der Waals surface area (Å²) in [6, 6.07) is 43.9. The van der Waals surface area contributed by atoms with Crippen LogP contribution in [-0.4, -0.2) is 33.1 Å². The number of hydrogen-bond donors (Lipinski definition) is 0. The molecule has 0 aliphatic carbocycles. The van der Waals surface area contributed by atoms with E-state index in [-0.39, 0.29) is 11.1 Å². The molecule has 54 heavy (non-hydrogen) atoms. The standard InChI is InChI=1S/C46H52N2O2Si4/c1-33-35(21-19-25-37(33)47-39-23-11-15-29-43(39)53(7,8)49-41-27-13-17-31-45(41)51(47,3)4)36-22-20-26-38(34(36)2)48-40-24-12-16-30-44(40)54(9,10)50-42-28-14-18-32-46(42)52(48,5)6/h11-32H,1-10H3/i1D3,2D3. The fourth-order valence-electron chi connectivity index (χ4n) is 8.74. The van der Waals surface area contributed by atoms with E-state index in [1.54, 1.807) is 12.1 Å². The second-order valence-electron chi connectivity index (χ2n) is 16.4. The third-order valence-corrected chi connectivity index (χ3v) is 22.9. The minimum atomic E-state index is -2.86. The van der Waals surface area contributed by atoms with Crippen LogP contribution in [0.25, 0.3) is 11.1 Å². The number of rotatable bonds is 3. The van der Waals surface area contributed by atoms with Crippen molar-refractivity contribution in [1.82, 2.24) is 0 Å². The van der Waals surface area contributed by atoms with E-state index < -0.39 is 46.8 Å². The van der Waals surface area contributed by atoms with Gasteiger partial charge in [-0.3, -0.25) is 0 Å². The number of nitrogens with zero attached hydrogens (tertiary/aromatic N) is 2. The number of benzene rings is 6. The first-order chi connectivity index (χ1) is 28.1. The predicted molar refractivity (Wildman–Crippen MR) is 241 cm³/mol. The second kappa shape index (κ2) is 13.0. The number of hydrogen-bond acceptors (Lipinski definition) is 4. The van der Waals surface area contributed by atoms with Gasteiger partial charge in [0.25, 0.3) is 16.6 Å². The monoisotopic (exact) mass is 782 g/mol. The molecule has 2 aliphatic heterocycles. The van der Waals surface area contributed by atoms with Gasteiger partial charge < -0.3 is 18.0 Å². The summed E-state index contributed by atoms with van der Waals surface area (Å²) in [7, 11) is -10.9. The minimum absolute atomic E-state index is 0.123. The average molecular weight is 783 g/mol. The van der Waals surface area contributed by atoms with Gasteiger partial charge in [-0.25, -0.2) is 0 Å². The van der Waals surface area contributed by atoms with Gasteiger partial charge in [-0.1, -0.05) is 97.1 Å². The van der Waals surface area contributed by atoms with E-state index in [0.29, 0.717) is 22.5 Å². The highest BCUT2D eigenvalue weighted by Crippen LogP contribution is 2.44. The zero-order valence-electron chi connectivity index (χ0n) is 38.4. The van der Waals surface area contributed by atoms with Crippen LogP contribution in [0.2, 0.25) is 52.4 Å². The van der Waals surface area contributed by atoms with Crippen molar-refractivity contribution in [2.24, 2.45) is 0 Å². The summed E-state index contributed by atoms with van der Waals surface area (Å²) in [4.78, 5) is 0. The zero-order chi connectivity index (χ0) is 43.2. The molecule has 2 heterocycles. The average Bonchev–Trinajstić information content (AvgIpc) is 3.16. The molecule has 0 amide bonds. The summed E-state index contributed by atoms with van der Waals surface area (Å²) >= 11 is 0. The Labute approximate surface area is 334 Å². The van der Waals surface area contributed by atoms with Crippen molar-refractivity contribution in [2.45, 2.75) is 66.1 Å². The van der Waals surface area contributed by atoms with Gasteiger partial charge >= 0.3 is 0 Å². The van der Waals surface area contributed by atoms with E-state index in [2.05, 4.69) is 97.9 Å². The normalized spacial score (nSPS) is 19.6. The predicted octanol–water partition coefficient (Wildman–Crippen LogP) is 10.1. The molecule has 0 saturated heterocycles. The Morgan fingerprint density at radius 1 is 0.389 bits per heavy atom. The van der Waals surface area contributed by atoms with Crippen molar-refractivity contribution >= 4 is 76.6 Å². The fourth-order valence-corrected chi connectivity index (χ4v) is 19.6. The molecule has 6 aromatic rings. The fraction of sp³-hybridized carbons (Fsp3) is 0.217. The van der Waals surface area contributed by atoms with Gasteiger partial charge in [0.2, 0.25) is 0 Å². The van der Waals surface area contributed by atoms with Crippen molar-refractivity contribution in [1.29, 1.82) is 0 Å². The van der Waals surface area contributed by atoms with Crippen LogP contribution >= 0.6 is 0 Å².